The van der Waals surface area contributed by atoms with Gasteiger partial charge in [-0.2, -0.15) is 0 Å². The number of likely N-dealkylation sites (tertiary alicyclic amines) is 1. The van der Waals surface area contributed by atoms with Crippen LogP contribution >= 0.6 is 0 Å². The van der Waals surface area contributed by atoms with Crippen LogP contribution in [0.3, 0.4) is 0 Å². The highest BCUT2D eigenvalue weighted by atomic mass is 16.2. The van der Waals surface area contributed by atoms with Gasteiger partial charge in [-0.15, -0.1) is 0 Å². The molecule has 0 spiro atoms. The number of nitrogens with one attached hydrogen (secondary N) is 1. The molecule has 6 heteroatoms. The number of aromatic nitrogens is 3. The summed E-state index contributed by atoms with van der Waals surface area (Å²) < 4.78 is 2.14. The molecule has 29 heavy (non-hydrogen) atoms. The summed E-state index contributed by atoms with van der Waals surface area (Å²) in [5, 5.41) is 3.65. The van der Waals surface area contributed by atoms with Crippen LogP contribution in [0.4, 0.5) is 5.82 Å². The van der Waals surface area contributed by atoms with Crippen LogP contribution in [0, 0.1) is 6.92 Å². The molecule has 6 nitrogen and oxygen atoms in total. The van der Waals surface area contributed by atoms with Crippen LogP contribution in [-0.4, -0.2) is 43.8 Å². The molecule has 1 N–H and O–H groups in total. The number of pyridine rings is 2. The fourth-order valence-electron chi connectivity index (χ4n) is 4.02. The van der Waals surface area contributed by atoms with E-state index in [9.17, 15) is 4.79 Å². The van der Waals surface area contributed by atoms with Crippen molar-refractivity contribution in [1.29, 1.82) is 0 Å². The summed E-state index contributed by atoms with van der Waals surface area (Å²) in [4.78, 5) is 23.9. The molecule has 152 valence electrons. The van der Waals surface area contributed by atoms with Gasteiger partial charge in [0.1, 0.15) is 11.5 Å². The molecule has 0 radical (unpaired) electrons. The molecule has 0 saturated carbocycles. The van der Waals surface area contributed by atoms with E-state index in [4.69, 9.17) is 4.98 Å². The van der Waals surface area contributed by atoms with E-state index >= 15 is 0 Å². The fourth-order valence-corrected chi connectivity index (χ4v) is 4.02. The van der Waals surface area contributed by atoms with Gasteiger partial charge in [0.15, 0.2) is 0 Å². The summed E-state index contributed by atoms with van der Waals surface area (Å²) in [7, 11) is 0. The van der Waals surface area contributed by atoms with E-state index in [1.165, 1.54) is 0 Å². The van der Waals surface area contributed by atoms with Gasteiger partial charge in [-0.05, 0) is 64.3 Å². The van der Waals surface area contributed by atoms with E-state index in [1.807, 2.05) is 36.1 Å². The van der Waals surface area contributed by atoms with E-state index in [2.05, 4.69) is 41.7 Å². The fraction of sp³-hybridized carbons (Fsp3) is 0.435. The Morgan fingerprint density at radius 2 is 1.93 bits per heavy atom. The van der Waals surface area contributed by atoms with Gasteiger partial charge >= 0.3 is 0 Å². The normalized spacial score (nSPS) is 15.7. The molecule has 1 fully saturated rings. The lowest BCUT2D eigenvalue weighted by Crippen LogP contribution is -2.38. The molecular weight excluding hydrogens is 362 g/mol. The predicted octanol–water partition coefficient (Wildman–Crippen LogP) is 4.27. The Morgan fingerprint density at radius 3 is 2.62 bits per heavy atom. The molecule has 1 amide bonds. The molecule has 1 aliphatic heterocycles. The van der Waals surface area contributed by atoms with E-state index in [0.29, 0.717) is 5.92 Å². The summed E-state index contributed by atoms with van der Waals surface area (Å²) in [5.74, 6) is 1.51. The van der Waals surface area contributed by atoms with Gasteiger partial charge in [0.05, 0.1) is 5.69 Å². The second-order valence-electron chi connectivity index (χ2n) is 8.91. The molecule has 4 heterocycles. The van der Waals surface area contributed by atoms with Crippen molar-refractivity contribution in [3.05, 3.63) is 59.7 Å². The van der Waals surface area contributed by atoms with Crippen LogP contribution in [0.1, 0.15) is 61.1 Å². The standard InChI is InChI=1S/C23H29N5O/c1-16-15-24-11-8-18(16)22(29)27-13-9-17(10-14-27)20-21(26-23(2,3)4)28-12-6-5-7-19(28)25-20/h5-8,11-12,15,17,26H,9-10,13-14H2,1-4H3. The first-order valence-electron chi connectivity index (χ1n) is 10.3. The lowest BCUT2D eigenvalue weighted by atomic mass is 9.92. The number of rotatable bonds is 3. The average molecular weight is 392 g/mol. The molecule has 1 aliphatic rings. The first-order valence-corrected chi connectivity index (χ1v) is 10.3. The van der Waals surface area contributed by atoms with E-state index < -0.39 is 0 Å². The van der Waals surface area contributed by atoms with Gasteiger partial charge < -0.3 is 10.2 Å². The minimum absolute atomic E-state index is 0.0594. The number of hydrogen-bond acceptors (Lipinski definition) is 4. The monoisotopic (exact) mass is 391 g/mol. The molecule has 0 unspecified atom stereocenters. The third kappa shape index (κ3) is 3.97. The second-order valence-corrected chi connectivity index (χ2v) is 8.91. The average Bonchev–Trinajstić information content (AvgIpc) is 3.05. The zero-order valence-corrected chi connectivity index (χ0v) is 17.6. The van der Waals surface area contributed by atoms with Crippen molar-refractivity contribution in [2.45, 2.75) is 52.0 Å². The number of anilines is 1. The van der Waals surface area contributed by atoms with Gasteiger partial charge in [0, 0.05) is 48.7 Å². The van der Waals surface area contributed by atoms with E-state index in [-0.39, 0.29) is 11.4 Å². The Bertz CT molecular complexity index is 1030. The number of carbonyl (C=O) groups excluding carboxylic acids is 1. The van der Waals surface area contributed by atoms with Gasteiger partial charge in [0.2, 0.25) is 0 Å². The van der Waals surface area contributed by atoms with E-state index in [0.717, 1.165) is 54.2 Å². The van der Waals surface area contributed by atoms with Crippen LogP contribution in [0.15, 0.2) is 42.9 Å². The second kappa shape index (κ2) is 7.50. The molecule has 0 bridgehead atoms. The highest BCUT2D eigenvalue weighted by molar-refractivity contribution is 5.95. The van der Waals surface area contributed by atoms with Crippen molar-refractivity contribution in [1.82, 2.24) is 19.3 Å². The molecule has 0 aromatic carbocycles. The Morgan fingerprint density at radius 1 is 1.17 bits per heavy atom. The largest absolute Gasteiger partial charge is 0.365 e. The lowest BCUT2D eigenvalue weighted by Gasteiger charge is -2.32. The third-order valence-corrected chi connectivity index (χ3v) is 5.47. The molecule has 4 rings (SSSR count). The number of fused-ring (bicyclic) bond motifs is 1. The Kier molecular flexibility index (Phi) is 5.03. The maximum Gasteiger partial charge on any atom is 0.254 e. The molecule has 3 aromatic rings. The molecule has 3 aromatic heterocycles. The summed E-state index contributed by atoms with van der Waals surface area (Å²) in [5.41, 5.74) is 3.69. The predicted molar refractivity (Wildman–Crippen MR) is 115 cm³/mol. The zero-order chi connectivity index (χ0) is 20.6. The van der Waals surface area contributed by atoms with Gasteiger partial charge in [0.25, 0.3) is 5.91 Å². The summed E-state index contributed by atoms with van der Waals surface area (Å²) >= 11 is 0. The first kappa shape index (κ1) is 19.4. The van der Waals surface area contributed by atoms with Crippen molar-refractivity contribution in [3.63, 3.8) is 0 Å². The lowest BCUT2D eigenvalue weighted by molar-refractivity contribution is 0.0711. The maximum absolute atomic E-state index is 12.9. The topological polar surface area (TPSA) is 62.5 Å². The van der Waals surface area contributed by atoms with E-state index in [1.54, 1.807) is 12.4 Å². The van der Waals surface area contributed by atoms with Gasteiger partial charge in [-0.25, -0.2) is 4.98 Å². The van der Waals surface area contributed by atoms with Crippen LogP contribution in [-0.2, 0) is 0 Å². The van der Waals surface area contributed by atoms with Crippen molar-refractivity contribution in [2.24, 2.45) is 0 Å². The van der Waals surface area contributed by atoms with Crippen LogP contribution in [0.25, 0.3) is 5.65 Å². The summed E-state index contributed by atoms with van der Waals surface area (Å²) in [6, 6.07) is 7.91. The SMILES string of the molecule is Cc1cnccc1C(=O)N1CCC(c2nc3ccccn3c2NC(C)(C)C)CC1. The number of hydrogen-bond donors (Lipinski definition) is 1. The Balaban J connectivity index is 1.56. The minimum Gasteiger partial charge on any atom is -0.365 e. The number of aryl methyl sites for hydroxylation is 1. The quantitative estimate of drug-likeness (QED) is 0.724. The van der Waals surface area contributed by atoms with Gasteiger partial charge in [-0.3, -0.25) is 14.2 Å². The van der Waals surface area contributed by atoms with Gasteiger partial charge in [-0.1, -0.05) is 6.07 Å². The molecular formula is C23H29N5O. The number of piperidine rings is 1. The Hall–Kier alpha value is -2.89. The summed E-state index contributed by atoms with van der Waals surface area (Å²) in [6.07, 6.45) is 7.33. The maximum atomic E-state index is 12.9. The van der Waals surface area contributed by atoms with Crippen molar-refractivity contribution < 1.29 is 4.79 Å². The van der Waals surface area contributed by atoms with Crippen molar-refractivity contribution in [3.8, 4) is 0 Å². The zero-order valence-electron chi connectivity index (χ0n) is 17.6. The smallest absolute Gasteiger partial charge is 0.254 e. The molecule has 0 aliphatic carbocycles. The Labute approximate surface area is 172 Å². The molecule has 0 atom stereocenters. The van der Waals surface area contributed by atoms with Crippen LogP contribution < -0.4 is 5.32 Å². The number of carbonyl (C=O) groups is 1. The third-order valence-electron chi connectivity index (χ3n) is 5.47. The minimum atomic E-state index is -0.0594. The van der Waals surface area contributed by atoms with Crippen LogP contribution in [0.2, 0.25) is 0 Å². The molecule has 1 saturated heterocycles. The highest BCUT2D eigenvalue weighted by Gasteiger charge is 2.30. The number of amides is 1. The van der Waals surface area contributed by atoms with Crippen molar-refractivity contribution >= 4 is 17.4 Å². The summed E-state index contributed by atoms with van der Waals surface area (Å²) in [6.45, 7) is 9.92. The highest BCUT2D eigenvalue weighted by Crippen LogP contribution is 2.34. The van der Waals surface area contributed by atoms with Crippen molar-refractivity contribution in [2.75, 3.05) is 18.4 Å². The van der Waals surface area contributed by atoms with Crippen LogP contribution in [0.5, 0.6) is 0 Å². The first-order chi connectivity index (χ1) is 13.8. The number of nitrogens with zero attached hydrogens (tertiary/aromatic N) is 4. The number of imidazole rings is 1.